The topological polar surface area (TPSA) is 111 Å². The summed E-state index contributed by atoms with van der Waals surface area (Å²) in [7, 11) is 0. The molecule has 0 unspecified atom stereocenters. The van der Waals surface area contributed by atoms with Crippen LogP contribution in [-0.2, 0) is 25.4 Å². The third kappa shape index (κ3) is 4.14. The number of allylic oxidation sites excluding steroid dienone is 2. The van der Waals surface area contributed by atoms with Gasteiger partial charge in [-0.1, -0.05) is 49.8 Å². The first-order valence-corrected chi connectivity index (χ1v) is 16.1. The van der Waals surface area contributed by atoms with Crippen molar-refractivity contribution in [2.45, 2.75) is 70.1 Å². The predicted molar refractivity (Wildman–Crippen MR) is 161 cm³/mol. The Labute approximate surface area is 251 Å². The Morgan fingerprint density at radius 2 is 2.05 bits per heavy atom. The summed E-state index contributed by atoms with van der Waals surface area (Å²) in [6, 6.07) is 9.96. The molecular formula is C34H41NO6S. The molecule has 5 aliphatic rings. The second-order valence-corrected chi connectivity index (χ2v) is 14.3. The Bertz CT molecular complexity index is 1430. The van der Waals surface area contributed by atoms with Gasteiger partial charge in [0, 0.05) is 22.4 Å². The number of ketones is 1. The molecule has 8 heteroatoms. The zero-order valence-corrected chi connectivity index (χ0v) is 25.1. The number of fused-ring (bicyclic) bond motifs is 7. The largest absolute Gasteiger partial charge is 0.399 e. The van der Waals surface area contributed by atoms with Gasteiger partial charge in [-0.15, -0.1) is 11.3 Å². The maximum atomic E-state index is 13.8. The maximum absolute atomic E-state index is 13.8. The van der Waals surface area contributed by atoms with Gasteiger partial charge in [0.1, 0.15) is 6.61 Å². The smallest absolute Gasteiger partial charge is 0.194 e. The number of rotatable bonds is 5. The van der Waals surface area contributed by atoms with Gasteiger partial charge in [0.15, 0.2) is 17.7 Å². The van der Waals surface area contributed by atoms with Crippen molar-refractivity contribution in [1.29, 1.82) is 0 Å². The number of aliphatic hydroxyl groups excluding tert-OH is 2. The molecule has 2 aliphatic heterocycles. The first kappa shape index (κ1) is 28.4. The summed E-state index contributed by atoms with van der Waals surface area (Å²) in [6.07, 6.45) is 8.47. The Hall–Kier alpha value is -2.33. The van der Waals surface area contributed by atoms with Crippen LogP contribution in [0.25, 0.3) is 0 Å². The van der Waals surface area contributed by atoms with E-state index in [1.165, 1.54) is 5.57 Å². The lowest BCUT2D eigenvalue weighted by Crippen LogP contribution is -2.63. The van der Waals surface area contributed by atoms with Crippen LogP contribution in [0.4, 0.5) is 5.69 Å². The fourth-order valence-corrected chi connectivity index (χ4v) is 10.4. The van der Waals surface area contributed by atoms with Gasteiger partial charge < -0.3 is 30.2 Å². The van der Waals surface area contributed by atoms with Crippen molar-refractivity contribution >= 4 is 22.8 Å². The van der Waals surface area contributed by atoms with E-state index in [1.807, 2.05) is 18.2 Å². The lowest BCUT2D eigenvalue weighted by molar-refractivity contribution is -0.200. The van der Waals surface area contributed by atoms with E-state index in [0.717, 1.165) is 41.0 Å². The van der Waals surface area contributed by atoms with Crippen LogP contribution in [0.5, 0.6) is 0 Å². The highest BCUT2D eigenvalue weighted by Crippen LogP contribution is 2.70. The molecule has 4 fully saturated rings. The van der Waals surface area contributed by atoms with E-state index in [9.17, 15) is 15.0 Å². The Balaban J connectivity index is 1.19. The van der Waals surface area contributed by atoms with Gasteiger partial charge in [0.2, 0.25) is 0 Å². The number of carbonyl (C=O) groups excluding carboxylic acids is 1. The average Bonchev–Trinajstić information content (AvgIpc) is 3.62. The molecule has 1 saturated heterocycles. The lowest BCUT2D eigenvalue weighted by Gasteiger charge is -2.59. The number of ether oxygens (including phenoxy) is 3. The molecule has 0 radical (unpaired) electrons. The van der Waals surface area contributed by atoms with Gasteiger partial charge in [0.25, 0.3) is 0 Å². The van der Waals surface area contributed by atoms with Crippen LogP contribution in [0.1, 0.15) is 61.8 Å². The molecule has 0 amide bonds. The van der Waals surface area contributed by atoms with Crippen molar-refractivity contribution in [1.82, 2.24) is 0 Å². The van der Waals surface area contributed by atoms with Crippen molar-refractivity contribution in [2.75, 3.05) is 25.6 Å². The van der Waals surface area contributed by atoms with Crippen molar-refractivity contribution in [3.8, 4) is 0 Å². The summed E-state index contributed by atoms with van der Waals surface area (Å²) < 4.78 is 19.1. The molecular weight excluding hydrogens is 550 g/mol. The number of benzene rings is 1. The number of thiophene rings is 1. The number of nitrogens with two attached hydrogens (primary N) is 1. The van der Waals surface area contributed by atoms with Crippen molar-refractivity contribution in [2.24, 2.45) is 28.6 Å². The molecule has 1 aromatic heterocycles. The van der Waals surface area contributed by atoms with E-state index in [-0.39, 0.29) is 29.0 Å². The van der Waals surface area contributed by atoms with E-state index in [2.05, 4.69) is 49.6 Å². The number of nitrogen functional groups attached to an aromatic ring is 1. The molecule has 9 atom stereocenters. The van der Waals surface area contributed by atoms with E-state index in [0.29, 0.717) is 26.1 Å². The molecule has 224 valence electrons. The van der Waals surface area contributed by atoms with Gasteiger partial charge >= 0.3 is 0 Å². The third-order valence-electron chi connectivity index (χ3n) is 11.3. The zero-order valence-electron chi connectivity index (χ0n) is 24.3. The fourth-order valence-electron chi connectivity index (χ4n) is 9.57. The van der Waals surface area contributed by atoms with Gasteiger partial charge in [0.05, 0.1) is 30.3 Å². The second kappa shape index (κ2) is 10.4. The van der Waals surface area contributed by atoms with Crippen molar-refractivity contribution in [3.05, 3.63) is 75.5 Å². The molecule has 1 aromatic carbocycles. The van der Waals surface area contributed by atoms with E-state index < -0.39 is 36.1 Å². The number of anilines is 1. The molecule has 3 saturated carbocycles. The first-order valence-electron chi connectivity index (χ1n) is 15.2. The van der Waals surface area contributed by atoms with Gasteiger partial charge in [-0.25, -0.2) is 0 Å². The number of hydrogen-bond donors (Lipinski definition) is 3. The SMILES string of the molecule is C[C@]12/C=C\COCC=C1CC[C@@H]1[C@@H]2[C@@H](O)C[C@@]2(C)[C@H]1C[C@H]1O[C@@H](c3cc(Cc4cccc(N)c4)cs3)O[C@]12C(=O)CO. The monoisotopic (exact) mass is 591 g/mol. The van der Waals surface area contributed by atoms with Crippen molar-refractivity contribution in [3.63, 3.8) is 0 Å². The minimum absolute atomic E-state index is 0.0349. The normalized spacial score (nSPS) is 41.5. The van der Waals surface area contributed by atoms with Crippen molar-refractivity contribution < 1.29 is 29.2 Å². The summed E-state index contributed by atoms with van der Waals surface area (Å²) in [5, 5.41) is 24.3. The summed E-state index contributed by atoms with van der Waals surface area (Å²) in [4.78, 5) is 14.7. The maximum Gasteiger partial charge on any atom is 0.194 e. The van der Waals surface area contributed by atoms with Crippen LogP contribution in [0.3, 0.4) is 0 Å². The average molecular weight is 592 g/mol. The van der Waals surface area contributed by atoms with Crippen LogP contribution in [0.2, 0.25) is 0 Å². The van der Waals surface area contributed by atoms with Crippen LogP contribution in [0.15, 0.2) is 59.5 Å². The molecule has 0 bridgehead atoms. The molecule has 4 N–H and O–H groups in total. The van der Waals surface area contributed by atoms with Crippen LogP contribution in [-0.4, -0.2) is 53.6 Å². The van der Waals surface area contributed by atoms with E-state index >= 15 is 0 Å². The quantitative estimate of drug-likeness (QED) is 0.333. The molecule has 3 heterocycles. The molecule has 42 heavy (non-hydrogen) atoms. The highest BCUT2D eigenvalue weighted by Gasteiger charge is 2.75. The lowest BCUT2D eigenvalue weighted by atomic mass is 9.46. The summed E-state index contributed by atoms with van der Waals surface area (Å²) in [6.45, 7) is 4.90. The predicted octanol–water partition coefficient (Wildman–Crippen LogP) is 4.97. The van der Waals surface area contributed by atoms with Crippen LogP contribution in [0, 0.1) is 28.6 Å². The van der Waals surface area contributed by atoms with E-state index in [4.69, 9.17) is 19.9 Å². The fraction of sp³-hybridized carbons (Fsp3) is 0.559. The van der Waals surface area contributed by atoms with Crippen LogP contribution < -0.4 is 5.73 Å². The Morgan fingerprint density at radius 3 is 2.86 bits per heavy atom. The number of Topliss-reactive ketones (excluding diaryl/α,β-unsaturated/α-hetero) is 1. The Kier molecular flexibility index (Phi) is 7.04. The molecule has 7 nitrogen and oxygen atoms in total. The number of aliphatic hydroxyl groups is 2. The van der Waals surface area contributed by atoms with E-state index in [1.54, 1.807) is 11.3 Å². The first-order chi connectivity index (χ1) is 20.2. The molecule has 7 rings (SSSR count). The van der Waals surface area contributed by atoms with Crippen LogP contribution >= 0.6 is 11.3 Å². The number of carbonyl (C=O) groups is 1. The highest BCUT2D eigenvalue weighted by molar-refractivity contribution is 7.10. The number of hydrogen-bond acceptors (Lipinski definition) is 8. The Morgan fingerprint density at radius 1 is 1.19 bits per heavy atom. The minimum Gasteiger partial charge on any atom is -0.399 e. The highest BCUT2D eigenvalue weighted by atomic mass is 32.1. The molecule has 2 aromatic rings. The molecule has 0 spiro atoms. The van der Waals surface area contributed by atoms with Gasteiger partial charge in [-0.2, -0.15) is 0 Å². The summed E-state index contributed by atoms with van der Waals surface area (Å²) in [5.74, 6) is 0.0286. The molecule has 3 aliphatic carbocycles. The second-order valence-electron chi connectivity index (χ2n) is 13.4. The standard InChI is InChI=1S/C34H41NO6S/c1-32-10-4-11-39-12-9-22(32)7-8-24-25-16-29-34(28(38)18-36,33(25,2)17-26(37)30(24)32)41-31(40-29)27-15-21(19-42-27)13-20-5-3-6-23(35)14-20/h3-6,9-10,14-15,19,24-26,29-31,36-37H,7-8,11-13,16-18,35H2,1-2H3/b10-4-,22-9?/t24-,25-,26-,29+,30+,31+,32-,33-,34+/m0/s1. The van der Waals surface area contributed by atoms with Gasteiger partial charge in [-0.05, 0) is 78.6 Å². The zero-order chi connectivity index (χ0) is 29.3. The van der Waals surface area contributed by atoms with Gasteiger partial charge in [-0.3, -0.25) is 4.79 Å². The summed E-state index contributed by atoms with van der Waals surface area (Å²) in [5.41, 5.74) is 8.07. The third-order valence-corrected chi connectivity index (χ3v) is 12.3. The summed E-state index contributed by atoms with van der Waals surface area (Å²) >= 11 is 1.56. The minimum atomic E-state index is -1.30.